The van der Waals surface area contributed by atoms with Gasteiger partial charge in [0.25, 0.3) is 0 Å². The third-order valence-corrected chi connectivity index (χ3v) is 12.9. The Balaban J connectivity index is 1.21. The molecule has 0 saturated carbocycles. The van der Waals surface area contributed by atoms with Crippen LogP contribution in [0.25, 0.3) is 0 Å². The molecule has 0 aromatic carbocycles. The Kier molecular flexibility index (Phi) is 18.7. The lowest BCUT2D eigenvalue weighted by atomic mass is 9.94. The second-order valence-corrected chi connectivity index (χ2v) is 17.1. The molecule has 31 nitrogen and oxygen atoms in total. The van der Waals surface area contributed by atoms with Crippen LogP contribution in [0.2, 0.25) is 0 Å². The van der Waals surface area contributed by atoms with Gasteiger partial charge in [-0.25, -0.2) is 9.78 Å². The lowest BCUT2D eigenvalue weighted by molar-refractivity contribution is -0.426. The van der Waals surface area contributed by atoms with E-state index in [1.165, 1.54) is 0 Å². The summed E-state index contributed by atoms with van der Waals surface area (Å²) in [5.41, 5.74) is 0. The summed E-state index contributed by atoms with van der Waals surface area (Å²) < 4.78 is 68.6. The summed E-state index contributed by atoms with van der Waals surface area (Å²) >= 11 is 0. The van der Waals surface area contributed by atoms with Gasteiger partial charge in [0.05, 0.1) is 46.8 Å². The number of rotatable bonds is 8. The predicted octanol–water partition coefficient (Wildman–Crippen LogP) is -12.5. The van der Waals surface area contributed by atoms with Crippen LogP contribution in [0.3, 0.4) is 0 Å². The van der Waals surface area contributed by atoms with Crippen molar-refractivity contribution >= 4 is 0 Å². The van der Waals surface area contributed by atoms with Crippen molar-refractivity contribution in [3.05, 3.63) is 0 Å². The highest BCUT2D eigenvalue weighted by Crippen LogP contribution is 2.38. The number of hydrogen-bond donors (Lipinski definition) is 17. The van der Waals surface area contributed by atoms with Gasteiger partial charge in [0.15, 0.2) is 43.8 Å². The van der Waals surface area contributed by atoms with Gasteiger partial charge in [-0.15, -0.1) is 0 Å². The Bertz CT molecular complexity index is 1550. The average Bonchev–Trinajstić information content (AvgIpc) is 3.33. The molecule has 22 aliphatic heterocycles. The zero-order valence-electron chi connectivity index (χ0n) is 35.9. The maximum Gasteiger partial charge on any atom is 0.187 e. The van der Waals surface area contributed by atoms with Crippen LogP contribution in [0.15, 0.2) is 0 Å². The molecule has 396 valence electrons. The molecule has 0 unspecified atom stereocenters. The molecular weight excluding hydrogens is 940 g/mol. The molecule has 31 heteroatoms. The zero-order chi connectivity index (χ0) is 49.5. The quantitative estimate of drug-likeness (QED) is 0.0793. The zero-order valence-corrected chi connectivity index (χ0v) is 35.9. The molecular formula is C37H62O31. The number of hydrogen-bond acceptors (Lipinski definition) is 31. The molecule has 22 heterocycles. The largest absolute Gasteiger partial charge is 0.394 e. The second kappa shape index (κ2) is 23.3. The highest BCUT2D eigenvalue weighted by atomic mass is 17.2. The summed E-state index contributed by atoms with van der Waals surface area (Å²) in [6.07, 6.45) is -57.7. The minimum atomic E-state index is -2.15. The summed E-state index contributed by atoms with van der Waals surface area (Å²) in [6.45, 7) is -5.93. The van der Waals surface area contributed by atoms with Gasteiger partial charge in [0.1, 0.15) is 140 Å². The van der Waals surface area contributed by atoms with E-state index in [9.17, 15) is 86.8 Å². The van der Waals surface area contributed by atoms with Gasteiger partial charge in [0.2, 0.25) is 0 Å². The average molecular weight is 1000 g/mol. The van der Waals surface area contributed by atoms with Gasteiger partial charge in [0, 0.05) is 0 Å². The highest BCUT2D eigenvalue weighted by molar-refractivity contribution is 5.01. The van der Waals surface area contributed by atoms with Crippen molar-refractivity contribution in [1.29, 1.82) is 0 Å². The number of ether oxygens (including phenoxy) is 12. The molecule has 0 spiro atoms. The fourth-order valence-electron chi connectivity index (χ4n) is 9.13. The predicted molar refractivity (Wildman–Crippen MR) is 202 cm³/mol. The fourth-order valence-corrected chi connectivity index (χ4v) is 9.13. The SMILES string of the molecule is COO[C@@H]1[C@@H](O)[C@H]2O[C@H]3[C@H](O)[C@@H](O)[C@@H](O[C@H]4[C@H](O)[C@@H](O)[C@@H](O[C@H]5[C@H](O)[C@@H](O)[C@@H](O[C@H]6[C@H](O)[C@@H](O)[C@@H](O[C@H]7[C@H](O)[C@@H](O)[C@@H](O[C@H]1[C@@H](CO)O2)O[C@@H]7CO)O[C@@H]6CO)O[C@@H]5CO)O[C@@H]4CO)O[C@@H]3CO. The summed E-state index contributed by atoms with van der Waals surface area (Å²) in [7, 11) is 1.02. The fraction of sp³-hybridized carbons (Fsp3) is 1.00. The first-order chi connectivity index (χ1) is 32.5. The van der Waals surface area contributed by atoms with Gasteiger partial charge in [-0.2, -0.15) is 0 Å². The molecule has 0 aromatic heterocycles. The minimum absolute atomic E-state index is 0.965. The lowest BCUT2D eigenvalue weighted by Crippen LogP contribution is -2.69. The standard InChI is InChI=1S/C37H62O31/c1-55-68-31-24(54)37-61-13(7-43)30(31)67-36-23(53)18(48)28(11(5-41)60-36)65-34-21(51)16(46)26(9(3-39)58-34)63-32-19(49)14(44)25(8(2-38)56-32)62-33-20(50)15(45)27(10(4-40)57-33)64-35-22(52)17(47)29(66-37)12(6-42)59-35/h8-54H,2-7H2,1H3/t8-,9-,10-,11-,12-,13-,14-,15-,16-,17-,18-,19-,20-,21-,22-,23-,24-,25-,26-,27-,28-,29-,30+,31-,32-,33-,34-,35-,36-,37-/m1/s1. The molecule has 22 aliphatic rings. The molecule has 68 heavy (non-hydrogen) atoms. The summed E-state index contributed by atoms with van der Waals surface area (Å²) in [5, 5.41) is 186. The van der Waals surface area contributed by atoms with Crippen molar-refractivity contribution in [3.8, 4) is 0 Å². The van der Waals surface area contributed by atoms with Gasteiger partial charge in [-0.1, -0.05) is 0 Å². The molecule has 22 saturated heterocycles. The molecule has 12 bridgehead atoms. The van der Waals surface area contributed by atoms with E-state index in [0.29, 0.717) is 0 Å². The van der Waals surface area contributed by atoms with Crippen LogP contribution < -0.4 is 0 Å². The van der Waals surface area contributed by atoms with Crippen LogP contribution in [-0.2, 0) is 66.6 Å². The summed E-state index contributed by atoms with van der Waals surface area (Å²) in [4.78, 5) is 10.0. The van der Waals surface area contributed by atoms with E-state index in [1.807, 2.05) is 0 Å². The Morgan fingerprint density at radius 1 is 0.265 bits per heavy atom. The van der Waals surface area contributed by atoms with E-state index >= 15 is 0 Å². The first kappa shape index (κ1) is 54.5. The van der Waals surface area contributed by atoms with Crippen LogP contribution in [0.1, 0.15) is 0 Å². The van der Waals surface area contributed by atoms with E-state index in [-0.39, 0.29) is 0 Å². The molecule has 0 amide bonds. The summed E-state index contributed by atoms with van der Waals surface area (Å²) in [5.74, 6) is 0. The van der Waals surface area contributed by atoms with Crippen LogP contribution in [-0.4, -0.2) is 318 Å². The number of aliphatic hydroxyl groups is 17. The van der Waals surface area contributed by atoms with E-state index in [1.54, 1.807) is 0 Å². The van der Waals surface area contributed by atoms with Crippen molar-refractivity contribution in [2.75, 3.05) is 46.8 Å². The minimum Gasteiger partial charge on any atom is -0.394 e. The maximum absolute atomic E-state index is 11.5. The molecule has 22 rings (SSSR count). The van der Waals surface area contributed by atoms with E-state index in [4.69, 9.17) is 66.6 Å². The topological polar surface area (TPSA) is 473 Å². The molecule has 22 fully saturated rings. The van der Waals surface area contributed by atoms with Crippen LogP contribution in [0, 0.1) is 0 Å². The van der Waals surface area contributed by atoms with E-state index in [0.717, 1.165) is 7.11 Å². The summed E-state index contributed by atoms with van der Waals surface area (Å²) in [6, 6.07) is 0. The van der Waals surface area contributed by atoms with Crippen molar-refractivity contribution in [2.45, 2.75) is 184 Å². The third kappa shape index (κ3) is 10.6. The number of aliphatic hydroxyl groups excluding tert-OH is 17. The first-order valence-corrected chi connectivity index (χ1v) is 21.7. The Morgan fingerprint density at radius 2 is 0.456 bits per heavy atom. The highest BCUT2D eigenvalue weighted by Gasteiger charge is 2.59. The van der Waals surface area contributed by atoms with Crippen LogP contribution >= 0.6 is 0 Å². The maximum atomic E-state index is 11.5. The Hall–Kier alpha value is -1.24. The van der Waals surface area contributed by atoms with Crippen molar-refractivity contribution in [1.82, 2.24) is 0 Å². The van der Waals surface area contributed by atoms with Crippen molar-refractivity contribution in [3.63, 3.8) is 0 Å². The van der Waals surface area contributed by atoms with Gasteiger partial charge < -0.3 is 144 Å². The molecule has 0 aliphatic carbocycles. The first-order valence-electron chi connectivity index (χ1n) is 21.7. The van der Waals surface area contributed by atoms with Crippen molar-refractivity contribution in [2.24, 2.45) is 0 Å². The smallest absolute Gasteiger partial charge is 0.187 e. The third-order valence-electron chi connectivity index (χ3n) is 12.9. The normalized spacial score (nSPS) is 54.1. The van der Waals surface area contributed by atoms with E-state index in [2.05, 4.69) is 0 Å². The second-order valence-electron chi connectivity index (χ2n) is 17.1. The van der Waals surface area contributed by atoms with Crippen molar-refractivity contribution < 1.29 is 153 Å². The molecule has 0 aromatic rings. The molecule has 0 radical (unpaired) electrons. The Morgan fingerprint density at radius 3 is 0.662 bits per heavy atom. The molecule has 30 atom stereocenters. The lowest BCUT2D eigenvalue weighted by Gasteiger charge is -2.50. The van der Waals surface area contributed by atoms with Crippen LogP contribution in [0.4, 0.5) is 0 Å². The van der Waals surface area contributed by atoms with Crippen LogP contribution in [0.5, 0.6) is 0 Å². The van der Waals surface area contributed by atoms with E-state index < -0.39 is 224 Å². The van der Waals surface area contributed by atoms with Gasteiger partial charge in [-0.3, -0.25) is 0 Å². The monoisotopic (exact) mass is 1000 g/mol. The van der Waals surface area contributed by atoms with Gasteiger partial charge in [-0.05, 0) is 0 Å². The molecule has 17 N–H and O–H groups in total. The van der Waals surface area contributed by atoms with Gasteiger partial charge >= 0.3 is 0 Å². The Labute approximate surface area is 384 Å².